The normalized spacial score (nSPS) is 19.8. The second-order valence-electron chi connectivity index (χ2n) is 5.58. The molecule has 0 amide bonds. The Kier molecular flexibility index (Phi) is 2.78. The Morgan fingerprint density at radius 1 is 1.32 bits per heavy atom. The third-order valence-corrected chi connectivity index (χ3v) is 5.27. The Morgan fingerprint density at radius 2 is 2.05 bits per heavy atom. The second-order valence-corrected chi connectivity index (χ2v) is 6.43. The monoisotopic (exact) mass is 323 g/mol. The van der Waals surface area contributed by atoms with Crippen LogP contribution in [0.25, 0.3) is 0 Å². The van der Waals surface area contributed by atoms with E-state index in [9.17, 15) is 18.4 Å². The summed E-state index contributed by atoms with van der Waals surface area (Å²) in [6, 6.07) is 0.880. The number of carbonyl (C=O) groups excluding carboxylic acids is 1. The maximum absolute atomic E-state index is 14.1. The molecule has 2 aliphatic carbocycles. The molecule has 1 aromatic carbocycles. The summed E-state index contributed by atoms with van der Waals surface area (Å²) in [5.74, 6) is -3.11. The van der Waals surface area contributed by atoms with Gasteiger partial charge < -0.3 is 4.74 Å². The van der Waals surface area contributed by atoms with Gasteiger partial charge in [-0.1, -0.05) is 11.5 Å². The minimum absolute atomic E-state index is 0.0315. The number of nitrogens with one attached hydrogen (secondary N) is 1. The number of rotatable bonds is 2. The van der Waals surface area contributed by atoms with Crippen molar-refractivity contribution in [2.45, 2.75) is 18.8 Å². The van der Waals surface area contributed by atoms with E-state index >= 15 is 0 Å². The number of ketones is 1. The van der Waals surface area contributed by atoms with Gasteiger partial charge >= 0.3 is 0 Å². The third-order valence-electron chi connectivity index (χ3n) is 4.30. The molecule has 1 aromatic heterocycles. The van der Waals surface area contributed by atoms with Crippen molar-refractivity contribution in [3.8, 4) is 5.75 Å². The highest BCUT2D eigenvalue weighted by Gasteiger charge is 2.45. The van der Waals surface area contributed by atoms with Crippen LogP contribution in [0.3, 0.4) is 0 Å². The Hall–Kier alpha value is -2.02. The van der Waals surface area contributed by atoms with Gasteiger partial charge in [-0.05, 0) is 24.8 Å². The first-order valence-corrected chi connectivity index (χ1v) is 7.68. The van der Waals surface area contributed by atoms with Crippen molar-refractivity contribution >= 4 is 17.3 Å². The average Bonchev–Trinajstić information content (AvgIpc) is 3.25. The zero-order valence-corrected chi connectivity index (χ0v) is 12.4. The molecule has 1 atom stereocenters. The quantitative estimate of drug-likeness (QED) is 0.924. The van der Waals surface area contributed by atoms with Crippen LogP contribution in [0.15, 0.2) is 10.9 Å². The number of aromatic amines is 1. The summed E-state index contributed by atoms with van der Waals surface area (Å²) in [5.41, 5.74) is -0.00633. The van der Waals surface area contributed by atoms with Gasteiger partial charge in [-0.25, -0.2) is 4.39 Å². The van der Waals surface area contributed by atoms with Crippen LogP contribution in [-0.2, 0) is 0 Å². The number of fused-ring (bicyclic) bond motifs is 2. The number of H-pyrrole nitrogens is 1. The molecule has 2 aromatic rings. The van der Waals surface area contributed by atoms with E-state index in [1.165, 1.54) is 7.11 Å². The van der Waals surface area contributed by atoms with E-state index in [1.807, 2.05) is 0 Å². The first kappa shape index (κ1) is 13.6. The highest BCUT2D eigenvalue weighted by molar-refractivity contribution is 7.06. The molecule has 1 saturated carbocycles. The molecular formula is C15H11F2NO3S. The van der Waals surface area contributed by atoms with Crippen LogP contribution < -0.4 is 10.3 Å². The van der Waals surface area contributed by atoms with Gasteiger partial charge in [-0.15, -0.1) is 0 Å². The van der Waals surface area contributed by atoms with Crippen molar-refractivity contribution in [1.29, 1.82) is 0 Å². The van der Waals surface area contributed by atoms with Gasteiger partial charge in [-0.2, -0.15) is 4.39 Å². The Bertz CT molecular complexity index is 866. The minimum atomic E-state index is -1.14. The number of carbonyl (C=O) groups is 1. The zero-order valence-electron chi connectivity index (χ0n) is 11.5. The van der Waals surface area contributed by atoms with Gasteiger partial charge in [0.2, 0.25) is 5.82 Å². The fourth-order valence-electron chi connectivity index (χ4n) is 3.21. The molecule has 1 heterocycles. The summed E-state index contributed by atoms with van der Waals surface area (Å²) in [6.45, 7) is 0. The largest absolute Gasteiger partial charge is 0.493 e. The number of methoxy groups -OCH3 is 1. The predicted molar refractivity (Wildman–Crippen MR) is 75.8 cm³/mol. The number of hydrogen-bond acceptors (Lipinski definition) is 4. The van der Waals surface area contributed by atoms with Gasteiger partial charge in [0, 0.05) is 21.9 Å². The van der Waals surface area contributed by atoms with Crippen molar-refractivity contribution in [2.75, 3.05) is 7.11 Å². The molecule has 114 valence electrons. The summed E-state index contributed by atoms with van der Waals surface area (Å²) in [7, 11) is 1.25. The minimum Gasteiger partial charge on any atom is -0.493 e. The van der Waals surface area contributed by atoms with Crippen LogP contribution in [0, 0.1) is 17.6 Å². The molecule has 0 bridgehead atoms. The average molecular weight is 323 g/mol. The summed E-state index contributed by atoms with van der Waals surface area (Å²) >= 11 is 1.09. The molecule has 0 saturated heterocycles. The van der Waals surface area contributed by atoms with Gasteiger partial charge in [0.05, 0.1) is 7.11 Å². The third kappa shape index (κ3) is 1.65. The van der Waals surface area contributed by atoms with Crippen LogP contribution >= 0.6 is 11.5 Å². The molecular weight excluding hydrogens is 312 g/mol. The van der Waals surface area contributed by atoms with Crippen LogP contribution in [0.4, 0.5) is 8.78 Å². The fraction of sp³-hybridized carbons (Fsp3) is 0.333. The van der Waals surface area contributed by atoms with Crippen LogP contribution in [0.1, 0.15) is 45.1 Å². The maximum atomic E-state index is 14.1. The molecule has 2 aliphatic rings. The predicted octanol–water partition coefficient (Wildman–Crippen LogP) is 2.81. The van der Waals surface area contributed by atoms with E-state index < -0.39 is 23.0 Å². The van der Waals surface area contributed by atoms with Gasteiger partial charge in [0.1, 0.15) is 5.56 Å². The second kappa shape index (κ2) is 4.49. The van der Waals surface area contributed by atoms with Gasteiger partial charge in [0.15, 0.2) is 17.3 Å². The summed E-state index contributed by atoms with van der Waals surface area (Å²) < 4.78 is 35.5. The smallest absolute Gasteiger partial charge is 0.269 e. The number of aromatic nitrogens is 1. The number of ether oxygens (including phenoxy) is 1. The van der Waals surface area contributed by atoms with Crippen molar-refractivity contribution in [3.05, 3.63) is 49.6 Å². The molecule has 4 rings (SSSR count). The van der Waals surface area contributed by atoms with Crippen LogP contribution in [0.2, 0.25) is 0 Å². The van der Waals surface area contributed by atoms with E-state index in [2.05, 4.69) is 4.37 Å². The first-order valence-electron chi connectivity index (χ1n) is 6.86. The molecule has 7 heteroatoms. The lowest BCUT2D eigenvalue weighted by molar-refractivity contribution is 0.103. The maximum Gasteiger partial charge on any atom is 0.269 e. The molecule has 1 N–H and O–H groups in total. The van der Waals surface area contributed by atoms with Crippen molar-refractivity contribution in [2.24, 2.45) is 5.92 Å². The summed E-state index contributed by atoms with van der Waals surface area (Å²) in [6.07, 6.45) is 1.85. The topological polar surface area (TPSA) is 59.2 Å². The SMILES string of the molecule is COc1c(F)c(F)cc2c1C(C1CC1)c1s[nH]c(=O)c1C2=O. The molecule has 0 aliphatic heterocycles. The Morgan fingerprint density at radius 3 is 2.68 bits per heavy atom. The lowest BCUT2D eigenvalue weighted by Gasteiger charge is -2.26. The van der Waals surface area contributed by atoms with Gasteiger partial charge in [-0.3, -0.25) is 14.0 Å². The van der Waals surface area contributed by atoms with Crippen molar-refractivity contribution in [3.63, 3.8) is 0 Å². The van der Waals surface area contributed by atoms with Crippen LogP contribution in [-0.4, -0.2) is 17.3 Å². The highest BCUT2D eigenvalue weighted by Crippen LogP contribution is 2.54. The summed E-state index contributed by atoms with van der Waals surface area (Å²) in [4.78, 5) is 25.1. The number of hydrogen-bond donors (Lipinski definition) is 1. The molecule has 1 unspecified atom stereocenters. The van der Waals surface area contributed by atoms with E-state index in [0.29, 0.717) is 10.4 Å². The van der Waals surface area contributed by atoms with E-state index in [-0.39, 0.29) is 28.7 Å². The first-order chi connectivity index (χ1) is 10.5. The number of benzene rings is 1. The lowest BCUT2D eigenvalue weighted by Crippen LogP contribution is -2.25. The van der Waals surface area contributed by atoms with E-state index in [1.54, 1.807) is 0 Å². The standard InChI is InChI=1S/C15H11F2NO3S/c1-21-13-9-6(4-7(16)11(13)17)12(19)10-14(22-18-15(10)20)8(9)5-2-3-5/h4-5,8H,2-3H2,1H3,(H,18,20). The van der Waals surface area contributed by atoms with Crippen molar-refractivity contribution < 1.29 is 18.3 Å². The lowest BCUT2D eigenvalue weighted by atomic mass is 9.79. The Balaban J connectivity index is 2.09. The van der Waals surface area contributed by atoms with Crippen molar-refractivity contribution in [1.82, 2.24) is 4.37 Å². The molecule has 0 radical (unpaired) electrons. The summed E-state index contributed by atoms with van der Waals surface area (Å²) in [5, 5.41) is 0. The molecule has 1 fully saturated rings. The van der Waals surface area contributed by atoms with E-state index in [4.69, 9.17) is 4.74 Å². The van der Waals surface area contributed by atoms with E-state index in [0.717, 1.165) is 30.4 Å². The van der Waals surface area contributed by atoms with Crippen LogP contribution in [0.5, 0.6) is 5.75 Å². The van der Waals surface area contributed by atoms with Gasteiger partial charge in [0.25, 0.3) is 5.56 Å². The molecule has 22 heavy (non-hydrogen) atoms. The molecule has 0 spiro atoms. The fourth-order valence-corrected chi connectivity index (χ4v) is 4.24. The highest BCUT2D eigenvalue weighted by atomic mass is 32.1. The Labute approximate surface area is 127 Å². The zero-order chi connectivity index (χ0) is 15.6. The number of halogens is 2. The molecule has 4 nitrogen and oxygen atoms in total.